The number of carboxylic acid groups (broad SMARTS) is 1. The van der Waals surface area contributed by atoms with Crippen LogP contribution in [-0.4, -0.2) is 29.2 Å². The number of nitrogens with zero attached hydrogens (tertiary/aromatic N) is 1. The van der Waals surface area contributed by atoms with Crippen LogP contribution in [0.25, 0.3) is 0 Å². The summed E-state index contributed by atoms with van der Waals surface area (Å²) in [6.07, 6.45) is 2.83. The molecule has 0 aromatic rings. The highest BCUT2D eigenvalue weighted by Crippen LogP contribution is 2.27. The van der Waals surface area contributed by atoms with Crippen molar-refractivity contribution in [1.82, 2.24) is 0 Å². The lowest BCUT2D eigenvalue weighted by Crippen LogP contribution is -2.66. The quantitative estimate of drug-likeness (QED) is 0.391. The number of carbonyl (C=O) groups excluding carboxylic acids is 1. The van der Waals surface area contributed by atoms with Crippen LogP contribution in [0.3, 0.4) is 0 Å². The summed E-state index contributed by atoms with van der Waals surface area (Å²) in [5.41, 5.74) is -0.289. The molecule has 0 fully saturated rings. The Morgan fingerprint density at radius 2 is 1.75 bits per heavy atom. The van der Waals surface area contributed by atoms with Gasteiger partial charge in [-0.1, -0.05) is 0 Å². The van der Waals surface area contributed by atoms with E-state index in [2.05, 4.69) is 0 Å². The maximum absolute atomic E-state index is 11.0. The molecule has 0 radical (unpaired) electrons. The number of rotatable bonds is 0. The average Bonchev–Trinajstić information content (AvgIpc) is 2.31. The smallest absolute Gasteiger partial charge is 0.258 e. The van der Waals surface area contributed by atoms with Gasteiger partial charge in [-0.3, -0.25) is 4.48 Å². The van der Waals surface area contributed by atoms with Crippen LogP contribution in [0.4, 0.5) is 4.79 Å². The second kappa shape index (κ2) is 2.59. The van der Waals surface area contributed by atoms with Gasteiger partial charge in [-0.15, -0.1) is 0 Å². The molecule has 0 saturated heterocycles. The largest absolute Gasteiger partial charge is 0.498 e. The third-order valence-corrected chi connectivity index (χ3v) is 2.63. The van der Waals surface area contributed by atoms with Crippen molar-refractivity contribution in [1.29, 1.82) is 0 Å². The minimum atomic E-state index is -0.979. The van der Waals surface area contributed by atoms with E-state index in [0.717, 1.165) is 0 Å². The molecule has 0 spiro atoms. The van der Waals surface area contributed by atoms with Crippen molar-refractivity contribution >= 4 is 6.09 Å². The molecule has 1 heterocycles. The highest BCUT2D eigenvalue weighted by Gasteiger charge is 2.42. The Labute approximate surface area is 72.9 Å². The Kier molecular flexibility index (Phi) is 2.00. The first-order chi connectivity index (χ1) is 5.40. The van der Waals surface area contributed by atoms with Gasteiger partial charge in [0.1, 0.15) is 13.1 Å². The van der Waals surface area contributed by atoms with E-state index in [-0.39, 0.29) is 10.0 Å². The van der Waals surface area contributed by atoms with Gasteiger partial charge in [0.05, 0.1) is 5.54 Å². The lowest BCUT2D eigenvalue weighted by Gasteiger charge is -2.44. The van der Waals surface area contributed by atoms with E-state index in [9.17, 15) is 9.90 Å². The Balaban J connectivity index is 2.97. The number of carbonyl (C=O) groups is 1. The zero-order valence-electron chi connectivity index (χ0n) is 7.83. The first kappa shape index (κ1) is 9.26. The van der Waals surface area contributed by atoms with Gasteiger partial charge in [0.25, 0.3) is 6.09 Å². The molecule has 0 N–H and O–H groups in total. The van der Waals surface area contributed by atoms with Crippen molar-refractivity contribution in [3.05, 3.63) is 12.2 Å². The lowest BCUT2D eigenvalue weighted by molar-refractivity contribution is -0.905. The molecule has 1 amide bonds. The van der Waals surface area contributed by atoms with Crippen LogP contribution in [-0.2, 0) is 0 Å². The zero-order valence-corrected chi connectivity index (χ0v) is 7.83. The molecule has 0 aliphatic carbocycles. The average molecular weight is 169 g/mol. The van der Waals surface area contributed by atoms with Gasteiger partial charge in [-0.2, -0.15) is 0 Å². The van der Waals surface area contributed by atoms with E-state index in [1.807, 2.05) is 32.9 Å². The first-order valence-electron chi connectivity index (χ1n) is 4.14. The van der Waals surface area contributed by atoms with E-state index in [4.69, 9.17) is 0 Å². The Bertz CT molecular complexity index is 217. The number of hydrogen-bond acceptors (Lipinski definition) is 2. The molecule has 1 aliphatic heterocycles. The van der Waals surface area contributed by atoms with Gasteiger partial charge in [0.15, 0.2) is 0 Å². The number of quaternary nitrogens is 1. The topological polar surface area (TPSA) is 40.1 Å². The Morgan fingerprint density at radius 1 is 1.33 bits per heavy atom. The molecular weight excluding hydrogens is 154 g/mol. The minimum Gasteiger partial charge on any atom is -0.498 e. The zero-order chi connectivity index (χ0) is 9.41. The molecular formula is C9H15NO2. The maximum atomic E-state index is 11.0. The van der Waals surface area contributed by atoms with Gasteiger partial charge in [-0.05, 0) is 32.9 Å². The van der Waals surface area contributed by atoms with Crippen LogP contribution in [0.5, 0.6) is 0 Å². The monoisotopic (exact) mass is 169 g/mol. The van der Waals surface area contributed by atoms with Crippen molar-refractivity contribution < 1.29 is 14.4 Å². The number of hydrogen-bond donors (Lipinski definition) is 0. The van der Waals surface area contributed by atoms with Crippen molar-refractivity contribution in [3.8, 4) is 0 Å². The summed E-state index contributed by atoms with van der Waals surface area (Å²) in [7, 11) is 0. The summed E-state index contributed by atoms with van der Waals surface area (Å²) >= 11 is 0. The molecule has 0 aromatic carbocycles. The van der Waals surface area contributed by atoms with Crippen molar-refractivity contribution in [2.24, 2.45) is 0 Å². The standard InChI is InChI=1S/C9H15NO2/c1-9(2,3)10(8(11)12)6-4-5-7-10/h4-5H,6-7H2,1-3H3. The molecule has 0 bridgehead atoms. The van der Waals surface area contributed by atoms with Crippen molar-refractivity contribution in [2.75, 3.05) is 13.1 Å². The molecule has 68 valence electrons. The molecule has 3 heteroatoms. The summed E-state index contributed by atoms with van der Waals surface area (Å²) in [5, 5.41) is 11.0. The van der Waals surface area contributed by atoms with Crippen LogP contribution in [0, 0.1) is 0 Å². The highest BCUT2D eigenvalue weighted by molar-refractivity contribution is 5.55. The van der Waals surface area contributed by atoms with E-state index in [0.29, 0.717) is 13.1 Å². The first-order valence-corrected chi connectivity index (χ1v) is 4.14. The number of amides is 1. The lowest BCUT2D eigenvalue weighted by atomic mass is 10.0. The minimum absolute atomic E-state index is 0.0208. The van der Waals surface area contributed by atoms with Gasteiger partial charge in [0, 0.05) is 0 Å². The van der Waals surface area contributed by atoms with Gasteiger partial charge in [-0.25, -0.2) is 0 Å². The van der Waals surface area contributed by atoms with E-state index < -0.39 is 6.09 Å². The fourth-order valence-electron chi connectivity index (χ4n) is 1.55. The highest BCUT2D eigenvalue weighted by atomic mass is 16.4. The van der Waals surface area contributed by atoms with Crippen LogP contribution in [0.2, 0.25) is 0 Å². The van der Waals surface area contributed by atoms with Crippen LogP contribution in [0.15, 0.2) is 12.2 Å². The summed E-state index contributed by atoms with van der Waals surface area (Å²) < 4.78 is 0.0208. The summed E-state index contributed by atoms with van der Waals surface area (Å²) in [4.78, 5) is 11.0. The summed E-state index contributed by atoms with van der Waals surface area (Å²) in [6.45, 7) is 6.87. The van der Waals surface area contributed by atoms with Crippen LogP contribution >= 0.6 is 0 Å². The molecule has 0 saturated carbocycles. The molecule has 0 unspecified atom stereocenters. The van der Waals surface area contributed by atoms with Crippen LogP contribution in [0.1, 0.15) is 20.8 Å². The molecule has 0 aromatic heterocycles. The third kappa shape index (κ3) is 1.14. The third-order valence-electron chi connectivity index (χ3n) is 2.63. The predicted molar refractivity (Wildman–Crippen MR) is 44.3 cm³/mol. The Hall–Kier alpha value is -0.830. The fourth-order valence-corrected chi connectivity index (χ4v) is 1.55. The molecule has 1 rings (SSSR count). The van der Waals surface area contributed by atoms with Crippen LogP contribution < -0.4 is 5.11 Å². The van der Waals surface area contributed by atoms with E-state index in [1.54, 1.807) is 0 Å². The van der Waals surface area contributed by atoms with Gasteiger partial charge in [0.2, 0.25) is 0 Å². The fraction of sp³-hybridized carbons (Fsp3) is 0.667. The Morgan fingerprint density at radius 3 is 1.92 bits per heavy atom. The van der Waals surface area contributed by atoms with Gasteiger partial charge < -0.3 is 9.90 Å². The van der Waals surface area contributed by atoms with E-state index >= 15 is 0 Å². The van der Waals surface area contributed by atoms with Crippen molar-refractivity contribution in [3.63, 3.8) is 0 Å². The van der Waals surface area contributed by atoms with Crippen molar-refractivity contribution in [2.45, 2.75) is 26.3 Å². The SMILES string of the molecule is CC(C)(C)[N+]1(C(=O)[O-])CC=CC1. The molecule has 12 heavy (non-hydrogen) atoms. The predicted octanol–water partition coefficient (Wildman–Crippen LogP) is 0.515. The normalized spacial score (nSPS) is 21.2. The maximum Gasteiger partial charge on any atom is 0.258 e. The molecule has 3 nitrogen and oxygen atoms in total. The van der Waals surface area contributed by atoms with E-state index in [1.165, 1.54) is 0 Å². The summed E-state index contributed by atoms with van der Waals surface area (Å²) in [6, 6.07) is 0. The second-order valence-corrected chi connectivity index (χ2v) is 4.24. The van der Waals surface area contributed by atoms with Gasteiger partial charge >= 0.3 is 0 Å². The second-order valence-electron chi connectivity index (χ2n) is 4.24. The summed E-state index contributed by atoms with van der Waals surface area (Å²) in [5.74, 6) is 0. The molecule has 1 aliphatic rings. The molecule has 0 atom stereocenters.